The molecule has 1 aromatic heterocycles. The first kappa shape index (κ1) is 14.8. The number of thiazole rings is 1. The number of hydrogen-bond acceptors (Lipinski definition) is 4. The molecule has 0 atom stereocenters. The SMILES string of the molecule is CCN(CC)c1ncc(CNC2C(C)(C)C2(C)C)s1. The Morgan fingerprint density at radius 1 is 1.21 bits per heavy atom. The van der Waals surface area contributed by atoms with Crippen LogP contribution in [0.3, 0.4) is 0 Å². The van der Waals surface area contributed by atoms with Crippen molar-refractivity contribution in [3.05, 3.63) is 11.1 Å². The first-order valence-electron chi connectivity index (χ1n) is 7.27. The zero-order valence-corrected chi connectivity index (χ0v) is 13.9. The zero-order chi connectivity index (χ0) is 14.3. The van der Waals surface area contributed by atoms with E-state index in [-0.39, 0.29) is 0 Å². The van der Waals surface area contributed by atoms with Crippen molar-refractivity contribution >= 4 is 16.5 Å². The molecule has 1 saturated carbocycles. The smallest absolute Gasteiger partial charge is 0.185 e. The highest BCUT2D eigenvalue weighted by Gasteiger charge is 2.64. The molecule has 1 heterocycles. The van der Waals surface area contributed by atoms with Crippen LogP contribution in [0.25, 0.3) is 0 Å². The molecule has 1 aromatic rings. The monoisotopic (exact) mass is 281 g/mol. The van der Waals surface area contributed by atoms with Gasteiger partial charge in [0.05, 0.1) is 0 Å². The van der Waals surface area contributed by atoms with Crippen molar-refractivity contribution in [1.29, 1.82) is 0 Å². The fourth-order valence-corrected chi connectivity index (χ4v) is 3.92. The van der Waals surface area contributed by atoms with Crippen LogP contribution < -0.4 is 10.2 Å². The largest absolute Gasteiger partial charge is 0.349 e. The molecular formula is C15H27N3S. The molecule has 0 bridgehead atoms. The minimum Gasteiger partial charge on any atom is -0.349 e. The molecule has 4 heteroatoms. The number of hydrogen-bond donors (Lipinski definition) is 1. The van der Waals surface area contributed by atoms with Crippen molar-refractivity contribution in [1.82, 2.24) is 10.3 Å². The van der Waals surface area contributed by atoms with Gasteiger partial charge >= 0.3 is 0 Å². The zero-order valence-electron chi connectivity index (χ0n) is 13.1. The van der Waals surface area contributed by atoms with E-state index in [0.29, 0.717) is 16.9 Å². The predicted molar refractivity (Wildman–Crippen MR) is 83.9 cm³/mol. The number of aromatic nitrogens is 1. The second-order valence-electron chi connectivity index (χ2n) is 6.54. The summed E-state index contributed by atoms with van der Waals surface area (Å²) in [6, 6.07) is 0.610. The van der Waals surface area contributed by atoms with Crippen molar-refractivity contribution in [3.8, 4) is 0 Å². The highest BCUT2D eigenvalue weighted by molar-refractivity contribution is 7.15. The molecule has 0 spiro atoms. The van der Waals surface area contributed by atoms with Crippen LogP contribution in [0, 0.1) is 10.8 Å². The molecule has 1 fully saturated rings. The quantitative estimate of drug-likeness (QED) is 0.865. The maximum atomic E-state index is 4.53. The van der Waals surface area contributed by atoms with Gasteiger partial charge in [-0.3, -0.25) is 0 Å². The third-order valence-corrected chi connectivity index (χ3v) is 6.13. The molecule has 108 valence electrons. The summed E-state index contributed by atoms with van der Waals surface area (Å²) < 4.78 is 0. The van der Waals surface area contributed by atoms with E-state index in [9.17, 15) is 0 Å². The first-order valence-corrected chi connectivity index (χ1v) is 8.09. The maximum Gasteiger partial charge on any atom is 0.185 e. The Bertz CT molecular complexity index is 418. The van der Waals surface area contributed by atoms with Crippen LogP contribution >= 0.6 is 11.3 Å². The summed E-state index contributed by atoms with van der Waals surface area (Å²) in [5.74, 6) is 0. The Morgan fingerprint density at radius 2 is 1.79 bits per heavy atom. The van der Waals surface area contributed by atoms with E-state index in [1.807, 2.05) is 17.5 Å². The van der Waals surface area contributed by atoms with E-state index >= 15 is 0 Å². The van der Waals surface area contributed by atoms with Crippen LogP contribution in [0.4, 0.5) is 5.13 Å². The van der Waals surface area contributed by atoms with Gasteiger partial charge in [0.15, 0.2) is 5.13 Å². The van der Waals surface area contributed by atoms with Gasteiger partial charge in [0.2, 0.25) is 0 Å². The van der Waals surface area contributed by atoms with Crippen molar-refractivity contribution in [3.63, 3.8) is 0 Å². The average molecular weight is 281 g/mol. The molecule has 0 amide bonds. The summed E-state index contributed by atoms with van der Waals surface area (Å²) in [5, 5.41) is 4.84. The molecule has 0 aliphatic heterocycles. The van der Waals surface area contributed by atoms with Crippen LogP contribution in [0.1, 0.15) is 46.4 Å². The summed E-state index contributed by atoms with van der Waals surface area (Å²) >= 11 is 1.81. The second-order valence-corrected chi connectivity index (χ2v) is 7.63. The topological polar surface area (TPSA) is 28.2 Å². The lowest BCUT2D eigenvalue weighted by atomic mass is 10.0. The third kappa shape index (κ3) is 2.52. The van der Waals surface area contributed by atoms with Crippen LogP contribution in [0.5, 0.6) is 0 Å². The summed E-state index contributed by atoms with van der Waals surface area (Å²) in [5.41, 5.74) is 0.804. The molecule has 3 nitrogen and oxygen atoms in total. The van der Waals surface area contributed by atoms with E-state index in [2.05, 4.69) is 56.7 Å². The van der Waals surface area contributed by atoms with Crippen LogP contribution in [-0.2, 0) is 6.54 Å². The van der Waals surface area contributed by atoms with Gasteiger partial charge in [-0.1, -0.05) is 27.7 Å². The maximum absolute atomic E-state index is 4.53. The van der Waals surface area contributed by atoms with Gasteiger partial charge < -0.3 is 10.2 Å². The summed E-state index contributed by atoms with van der Waals surface area (Å²) in [6.45, 7) is 16.7. The van der Waals surface area contributed by atoms with Gasteiger partial charge in [0, 0.05) is 36.8 Å². The molecule has 1 aliphatic rings. The van der Waals surface area contributed by atoms with Crippen LogP contribution in [0.2, 0.25) is 0 Å². The van der Waals surface area contributed by atoms with Gasteiger partial charge in [-0.25, -0.2) is 4.98 Å². The standard InChI is InChI=1S/C15H27N3S/c1-7-18(8-2)13-17-10-11(19-13)9-16-12-14(3,4)15(12,5)6/h10,12,16H,7-9H2,1-6H3. The van der Waals surface area contributed by atoms with E-state index in [4.69, 9.17) is 0 Å². The van der Waals surface area contributed by atoms with Crippen molar-refractivity contribution in [2.45, 2.75) is 54.1 Å². The average Bonchev–Trinajstić information content (AvgIpc) is 2.72. The van der Waals surface area contributed by atoms with Crippen molar-refractivity contribution < 1.29 is 0 Å². The van der Waals surface area contributed by atoms with Gasteiger partial charge in [-0.15, -0.1) is 11.3 Å². The van der Waals surface area contributed by atoms with E-state index in [1.54, 1.807) is 0 Å². The lowest BCUT2D eigenvalue weighted by Gasteiger charge is -2.16. The normalized spacial score (nSPS) is 20.5. The molecule has 2 rings (SSSR count). The van der Waals surface area contributed by atoms with Gasteiger partial charge in [-0.05, 0) is 24.7 Å². The first-order chi connectivity index (χ1) is 8.84. The lowest BCUT2D eigenvalue weighted by molar-refractivity contribution is 0.457. The predicted octanol–water partition coefficient (Wildman–Crippen LogP) is 3.51. The molecular weight excluding hydrogens is 254 g/mol. The Labute approximate surface area is 121 Å². The van der Waals surface area contributed by atoms with E-state index in [0.717, 1.165) is 24.8 Å². The molecule has 1 N–H and O–H groups in total. The number of nitrogens with zero attached hydrogens (tertiary/aromatic N) is 2. The Kier molecular flexibility index (Phi) is 3.94. The fraction of sp³-hybridized carbons (Fsp3) is 0.800. The van der Waals surface area contributed by atoms with Gasteiger partial charge in [0.25, 0.3) is 0 Å². The number of nitrogens with one attached hydrogen (secondary N) is 1. The lowest BCUT2D eigenvalue weighted by Crippen LogP contribution is -2.21. The highest BCUT2D eigenvalue weighted by Crippen LogP contribution is 2.62. The summed E-state index contributed by atoms with van der Waals surface area (Å²) in [7, 11) is 0. The number of rotatable bonds is 6. The number of anilines is 1. The van der Waals surface area contributed by atoms with E-state index in [1.165, 1.54) is 4.88 Å². The molecule has 0 radical (unpaired) electrons. The van der Waals surface area contributed by atoms with Gasteiger partial charge in [0.1, 0.15) is 0 Å². The molecule has 19 heavy (non-hydrogen) atoms. The third-order valence-electron chi connectivity index (χ3n) is 5.08. The van der Waals surface area contributed by atoms with Gasteiger partial charge in [-0.2, -0.15) is 0 Å². The van der Waals surface area contributed by atoms with E-state index < -0.39 is 0 Å². The van der Waals surface area contributed by atoms with Crippen LogP contribution in [0.15, 0.2) is 6.20 Å². The van der Waals surface area contributed by atoms with Crippen LogP contribution in [-0.4, -0.2) is 24.1 Å². The fourth-order valence-electron chi connectivity index (χ4n) is 2.93. The van der Waals surface area contributed by atoms with Crippen molar-refractivity contribution in [2.75, 3.05) is 18.0 Å². The Morgan fingerprint density at radius 3 is 2.26 bits per heavy atom. The Balaban J connectivity index is 1.92. The summed E-state index contributed by atoms with van der Waals surface area (Å²) in [6.07, 6.45) is 2.02. The van der Waals surface area contributed by atoms with Crippen molar-refractivity contribution in [2.24, 2.45) is 10.8 Å². The minimum atomic E-state index is 0.402. The second kappa shape index (κ2) is 5.06. The Hall–Kier alpha value is -0.610. The molecule has 0 unspecified atom stereocenters. The molecule has 0 aromatic carbocycles. The summed E-state index contributed by atoms with van der Waals surface area (Å²) in [4.78, 5) is 8.17. The molecule has 0 saturated heterocycles. The highest BCUT2D eigenvalue weighted by atomic mass is 32.1. The minimum absolute atomic E-state index is 0.402. The molecule has 1 aliphatic carbocycles.